The predicted octanol–water partition coefficient (Wildman–Crippen LogP) is 8.14. The van der Waals surface area contributed by atoms with E-state index in [9.17, 15) is 14.4 Å². The predicted molar refractivity (Wildman–Crippen MR) is 211 cm³/mol. The first-order chi connectivity index (χ1) is 26.2. The normalized spacial score (nSPS) is 14.8. The molecule has 0 spiro atoms. The van der Waals surface area contributed by atoms with Crippen molar-refractivity contribution in [2.24, 2.45) is 0 Å². The standard InChI is InChI=1S/C46H47N3O5/c1-32-7-11-38(12-8-32)44(50)47-25-23-42(24-26-47)54-41-19-9-35(10-20-41)31-53-40-21-17-37(18-22-40)36-13-15-39(16-14-36)45(51)48-27-29-49(30-28-48)46(52)43-33(2)5-4-6-34(43)3/h4-22,42H,23-31H2,1-3H3. The lowest BCUT2D eigenvalue weighted by Crippen LogP contribution is -2.50. The van der Waals surface area contributed by atoms with Gasteiger partial charge >= 0.3 is 0 Å². The highest BCUT2D eigenvalue weighted by molar-refractivity contribution is 5.98. The quantitative estimate of drug-likeness (QED) is 0.154. The number of amides is 3. The summed E-state index contributed by atoms with van der Waals surface area (Å²) in [7, 11) is 0. The molecule has 5 aromatic carbocycles. The number of nitrogens with zero attached hydrogens (tertiary/aromatic N) is 3. The van der Waals surface area contributed by atoms with Gasteiger partial charge in [0, 0.05) is 68.8 Å². The highest BCUT2D eigenvalue weighted by Gasteiger charge is 2.27. The number of aryl methyl sites for hydroxylation is 3. The van der Waals surface area contributed by atoms with E-state index in [2.05, 4.69) is 0 Å². The number of rotatable bonds is 9. The summed E-state index contributed by atoms with van der Waals surface area (Å²) in [5, 5.41) is 0. The largest absolute Gasteiger partial charge is 0.490 e. The minimum absolute atomic E-state index is 0.0170. The summed E-state index contributed by atoms with van der Waals surface area (Å²) in [4.78, 5) is 45.0. The number of carbonyl (C=O) groups is 3. The second-order valence-corrected chi connectivity index (χ2v) is 14.4. The van der Waals surface area contributed by atoms with Crippen LogP contribution in [-0.4, -0.2) is 77.8 Å². The molecule has 0 unspecified atom stereocenters. The van der Waals surface area contributed by atoms with Gasteiger partial charge in [0.2, 0.25) is 0 Å². The third-order valence-corrected chi connectivity index (χ3v) is 10.5. The summed E-state index contributed by atoms with van der Waals surface area (Å²) < 4.78 is 12.3. The molecule has 54 heavy (non-hydrogen) atoms. The number of benzene rings is 5. The molecule has 2 saturated heterocycles. The Hall–Kier alpha value is -5.89. The third-order valence-electron chi connectivity index (χ3n) is 10.5. The van der Waals surface area contributed by atoms with Crippen molar-refractivity contribution >= 4 is 17.7 Å². The van der Waals surface area contributed by atoms with Crippen LogP contribution in [0.2, 0.25) is 0 Å². The molecule has 8 nitrogen and oxygen atoms in total. The van der Waals surface area contributed by atoms with Gasteiger partial charge in [-0.2, -0.15) is 0 Å². The molecule has 2 aliphatic heterocycles. The zero-order valence-electron chi connectivity index (χ0n) is 31.3. The van der Waals surface area contributed by atoms with Gasteiger partial charge < -0.3 is 24.2 Å². The summed E-state index contributed by atoms with van der Waals surface area (Å²) in [5.41, 5.74) is 8.34. The number of hydrogen-bond donors (Lipinski definition) is 0. The van der Waals surface area contributed by atoms with Gasteiger partial charge in [-0.25, -0.2) is 0 Å². The molecule has 3 amide bonds. The SMILES string of the molecule is Cc1ccc(C(=O)N2CCC(Oc3ccc(COc4ccc(-c5ccc(C(=O)N6CCN(C(=O)c7c(C)cccc7C)CC6)cc5)cc4)cc3)CC2)cc1. The molecule has 2 heterocycles. The molecule has 0 N–H and O–H groups in total. The van der Waals surface area contributed by atoms with Crippen molar-refractivity contribution in [1.29, 1.82) is 0 Å². The maximum Gasteiger partial charge on any atom is 0.254 e. The molecule has 276 valence electrons. The van der Waals surface area contributed by atoms with Crippen LogP contribution < -0.4 is 9.47 Å². The summed E-state index contributed by atoms with van der Waals surface area (Å²) in [6, 6.07) is 37.3. The molecule has 5 aromatic rings. The topological polar surface area (TPSA) is 79.4 Å². The van der Waals surface area contributed by atoms with Crippen LogP contribution in [0.15, 0.2) is 115 Å². The molecular formula is C46H47N3O5. The van der Waals surface area contributed by atoms with Gasteiger partial charge in [-0.05, 0) is 97.1 Å². The summed E-state index contributed by atoms with van der Waals surface area (Å²) >= 11 is 0. The van der Waals surface area contributed by atoms with Gasteiger partial charge in [0.05, 0.1) is 0 Å². The zero-order valence-corrected chi connectivity index (χ0v) is 31.3. The van der Waals surface area contributed by atoms with Crippen LogP contribution >= 0.6 is 0 Å². The first kappa shape index (κ1) is 36.5. The van der Waals surface area contributed by atoms with E-state index >= 15 is 0 Å². The monoisotopic (exact) mass is 721 g/mol. The van der Waals surface area contributed by atoms with Gasteiger partial charge in [0.15, 0.2) is 0 Å². The van der Waals surface area contributed by atoms with E-state index in [-0.39, 0.29) is 23.8 Å². The molecule has 0 saturated carbocycles. The van der Waals surface area contributed by atoms with Crippen LogP contribution in [0.25, 0.3) is 11.1 Å². The molecule has 0 radical (unpaired) electrons. The fourth-order valence-corrected chi connectivity index (χ4v) is 7.23. The van der Waals surface area contributed by atoms with Crippen molar-refractivity contribution in [2.75, 3.05) is 39.3 Å². The summed E-state index contributed by atoms with van der Waals surface area (Å²) in [6.07, 6.45) is 1.69. The molecule has 0 atom stereocenters. The van der Waals surface area contributed by atoms with E-state index in [1.807, 2.05) is 151 Å². The van der Waals surface area contributed by atoms with Crippen molar-refractivity contribution in [3.05, 3.63) is 154 Å². The van der Waals surface area contributed by atoms with E-state index < -0.39 is 0 Å². The van der Waals surface area contributed by atoms with Crippen molar-refractivity contribution < 1.29 is 23.9 Å². The molecule has 0 bridgehead atoms. The molecule has 0 aromatic heterocycles. The molecule has 0 aliphatic carbocycles. The average Bonchev–Trinajstić information content (AvgIpc) is 3.21. The third kappa shape index (κ3) is 8.49. The van der Waals surface area contributed by atoms with Crippen molar-refractivity contribution in [2.45, 2.75) is 46.3 Å². The molecule has 2 aliphatic rings. The number of ether oxygens (including phenoxy) is 2. The van der Waals surface area contributed by atoms with Gasteiger partial charge in [0.1, 0.15) is 24.2 Å². The Morgan fingerprint density at radius 3 is 1.56 bits per heavy atom. The average molecular weight is 722 g/mol. The Labute approximate surface area is 317 Å². The fourth-order valence-electron chi connectivity index (χ4n) is 7.23. The van der Waals surface area contributed by atoms with Crippen molar-refractivity contribution in [3.8, 4) is 22.6 Å². The maximum atomic E-state index is 13.3. The van der Waals surface area contributed by atoms with E-state index in [1.54, 1.807) is 0 Å². The highest BCUT2D eigenvalue weighted by atomic mass is 16.5. The lowest BCUT2D eigenvalue weighted by molar-refractivity contribution is 0.0534. The molecule has 2 fully saturated rings. The number of likely N-dealkylation sites (tertiary alicyclic amines) is 1. The van der Waals surface area contributed by atoms with E-state index in [4.69, 9.17) is 9.47 Å². The summed E-state index contributed by atoms with van der Waals surface area (Å²) in [5.74, 6) is 1.70. The van der Waals surface area contributed by atoms with Gasteiger partial charge in [-0.3, -0.25) is 14.4 Å². The first-order valence-electron chi connectivity index (χ1n) is 18.8. The lowest BCUT2D eigenvalue weighted by Gasteiger charge is -2.35. The van der Waals surface area contributed by atoms with Crippen LogP contribution in [0.5, 0.6) is 11.5 Å². The van der Waals surface area contributed by atoms with E-state index in [0.29, 0.717) is 51.4 Å². The Balaban J connectivity index is 0.847. The smallest absolute Gasteiger partial charge is 0.254 e. The van der Waals surface area contributed by atoms with Gasteiger partial charge in [0.25, 0.3) is 17.7 Å². The van der Waals surface area contributed by atoms with Crippen LogP contribution in [0.3, 0.4) is 0 Å². The Kier molecular flexibility index (Phi) is 11.1. The molecular weight excluding hydrogens is 675 g/mol. The van der Waals surface area contributed by atoms with E-state index in [0.717, 1.165) is 68.8 Å². The first-order valence-corrected chi connectivity index (χ1v) is 18.8. The number of piperazine rings is 1. The fraction of sp³-hybridized carbons (Fsp3) is 0.283. The highest BCUT2D eigenvalue weighted by Crippen LogP contribution is 2.26. The van der Waals surface area contributed by atoms with E-state index in [1.165, 1.54) is 0 Å². The van der Waals surface area contributed by atoms with Crippen molar-refractivity contribution in [3.63, 3.8) is 0 Å². The van der Waals surface area contributed by atoms with Gasteiger partial charge in [-0.1, -0.05) is 72.3 Å². The minimum Gasteiger partial charge on any atom is -0.490 e. The zero-order chi connectivity index (χ0) is 37.6. The minimum atomic E-state index is -0.0170. The van der Waals surface area contributed by atoms with Crippen LogP contribution in [-0.2, 0) is 6.61 Å². The summed E-state index contributed by atoms with van der Waals surface area (Å²) in [6.45, 7) is 9.82. The number of carbonyl (C=O) groups excluding carboxylic acids is 3. The Morgan fingerprint density at radius 1 is 0.537 bits per heavy atom. The second kappa shape index (κ2) is 16.4. The Morgan fingerprint density at radius 2 is 1.00 bits per heavy atom. The molecule has 8 heteroatoms. The van der Waals surface area contributed by atoms with Crippen LogP contribution in [0, 0.1) is 20.8 Å². The van der Waals surface area contributed by atoms with Gasteiger partial charge in [-0.15, -0.1) is 0 Å². The van der Waals surface area contributed by atoms with Crippen molar-refractivity contribution in [1.82, 2.24) is 14.7 Å². The number of piperidine rings is 1. The lowest BCUT2D eigenvalue weighted by atomic mass is 10.0. The van der Waals surface area contributed by atoms with Crippen LogP contribution in [0.1, 0.15) is 66.2 Å². The van der Waals surface area contributed by atoms with Crippen LogP contribution in [0.4, 0.5) is 0 Å². The number of hydrogen-bond acceptors (Lipinski definition) is 5. The second-order valence-electron chi connectivity index (χ2n) is 14.4. The molecule has 7 rings (SSSR count). The maximum absolute atomic E-state index is 13.3. The Bertz CT molecular complexity index is 2060.